The van der Waals surface area contributed by atoms with Gasteiger partial charge in [0.25, 0.3) is 0 Å². The molecule has 0 amide bonds. The zero-order chi connectivity index (χ0) is 12.2. The molecule has 1 aliphatic heterocycles. The van der Waals surface area contributed by atoms with Crippen LogP contribution in [0, 0.1) is 0 Å². The molecule has 0 bridgehead atoms. The van der Waals surface area contributed by atoms with Gasteiger partial charge in [-0.15, -0.1) is 0 Å². The standard InChI is InChI=1S/C12H26N4/c1-12(2,3)15-11(13)14-9-10-7-5-6-8-16(10)4/h10H,5-9H2,1-4H3,(H3,13,14,15). The van der Waals surface area contributed by atoms with Gasteiger partial charge in [-0.05, 0) is 47.2 Å². The number of nitrogens with zero attached hydrogens (tertiary/aromatic N) is 2. The lowest BCUT2D eigenvalue weighted by Gasteiger charge is -2.31. The number of likely N-dealkylation sites (N-methyl/N-ethyl adjacent to an activating group) is 1. The van der Waals surface area contributed by atoms with Crippen molar-refractivity contribution in [2.75, 3.05) is 20.1 Å². The highest BCUT2D eigenvalue weighted by Gasteiger charge is 2.18. The second-order valence-electron chi connectivity index (χ2n) is 5.73. The van der Waals surface area contributed by atoms with Crippen LogP contribution in [0.1, 0.15) is 40.0 Å². The molecular formula is C12H26N4. The van der Waals surface area contributed by atoms with Gasteiger partial charge < -0.3 is 16.0 Å². The summed E-state index contributed by atoms with van der Waals surface area (Å²) in [6.45, 7) is 8.25. The number of nitrogens with two attached hydrogens (primary N) is 1. The van der Waals surface area contributed by atoms with Gasteiger partial charge in [0.05, 0.1) is 6.54 Å². The fourth-order valence-corrected chi connectivity index (χ4v) is 2.00. The molecule has 1 unspecified atom stereocenters. The van der Waals surface area contributed by atoms with Crippen molar-refractivity contribution in [3.8, 4) is 0 Å². The molecule has 94 valence electrons. The molecule has 1 rings (SSSR count). The molecule has 3 N–H and O–H groups in total. The van der Waals surface area contributed by atoms with Crippen LogP contribution in [0.3, 0.4) is 0 Å². The molecule has 0 aliphatic carbocycles. The van der Waals surface area contributed by atoms with Crippen molar-refractivity contribution >= 4 is 5.96 Å². The number of hydrogen-bond donors (Lipinski definition) is 2. The Morgan fingerprint density at radius 3 is 2.69 bits per heavy atom. The SMILES string of the molecule is CN1CCCCC1CN=C(N)NC(C)(C)C. The van der Waals surface area contributed by atoms with Crippen LogP contribution in [0.2, 0.25) is 0 Å². The third-order valence-electron chi connectivity index (χ3n) is 2.90. The Balaban J connectivity index is 2.39. The molecular weight excluding hydrogens is 200 g/mol. The van der Waals surface area contributed by atoms with E-state index in [0.29, 0.717) is 12.0 Å². The van der Waals surface area contributed by atoms with Crippen molar-refractivity contribution in [2.45, 2.75) is 51.6 Å². The Morgan fingerprint density at radius 2 is 2.12 bits per heavy atom. The van der Waals surface area contributed by atoms with Crippen molar-refractivity contribution in [1.82, 2.24) is 10.2 Å². The highest BCUT2D eigenvalue weighted by atomic mass is 15.2. The molecule has 1 aliphatic rings. The van der Waals surface area contributed by atoms with Gasteiger partial charge in [-0.25, -0.2) is 0 Å². The summed E-state index contributed by atoms with van der Waals surface area (Å²) < 4.78 is 0. The van der Waals surface area contributed by atoms with E-state index in [9.17, 15) is 0 Å². The zero-order valence-electron chi connectivity index (χ0n) is 11.1. The third-order valence-corrected chi connectivity index (χ3v) is 2.90. The Morgan fingerprint density at radius 1 is 1.44 bits per heavy atom. The summed E-state index contributed by atoms with van der Waals surface area (Å²) in [5.41, 5.74) is 5.83. The van der Waals surface area contributed by atoms with E-state index in [1.165, 1.54) is 25.8 Å². The van der Waals surface area contributed by atoms with E-state index in [4.69, 9.17) is 5.73 Å². The summed E-state index contributed by atoms with van der Waals surface area (Å²) in [5.74, 6) is 0.562. The molecule has 16 heavy (non-hydrogen) atoms. The van der Waals surface area contributed by atoms with Gasteiger partial charge >= 0.3 is 0 Å². The molecule has 0 spiro atoms. The number of hydrogen-bond acceptors (Lipinski definition) is 2. The van der Waals surface area contributed by atoms with Gasteiger partial charge in [0.2, 0.25) is 0 Å². The predicted octanol–water partition coefficient (Wildman–Crippen LogP) is 1.17. The lowest BCUT2D eigenvalue weighted by atomic mass is 10.0. The first-order valence-electron chi connectivity index (χ1n) is 6.17. The third kappa shape index (κ3) is 4.84. The minimum absolute atomic E-state index is 0.00789. The number of piperidine rings is 1. The summed E-state index contributed by atoms with van der Waals surface area (Å²) in [6, 6.07) is 0.564. The van der Waals surface area contributed by atoms with Crippen molar-refractivity contribution in [3.05, 3.63) is 0 Å². The normalized spacial score (nSPS) is 24.5. The van der Waals surface area contributed by atoms with Gasteiger partial charge in [-0.3, -0.25) is 4.99 Å². The molecule has 1 fully saturated rings. The zero-order valence-corrected chi connectivity index (χ0v) is 11.1. The number of guanidine groups is 1. The summed E-state index contributed by atoms with van der Waals surface area (Å²) in [5, 5.41) is 3.18. The van der Waals surface area contributed by atoms with Gasteiger partial charge in [0.1, 0.15) is 0 Å². The second kappa shape index (κ2) is 5.53. The van der Waals surface area contributed by atoms with E-state index in [1.807, 2.05) is 0 Å². The maximum absolute atomic E-state index is 5.84. The van der Waals surface area contributed by atoms with Crippen LogP contribution in [0.5, 0.6) is 0 Å². The molecule has 0 aromatic carbocycles. The second-order valence-corrected chi connectivity index (χ2v) is 5.73. The first-order chi connectivity index (χ1) is 7.38. The van der Waals surface area contributed by atoms with Gasteiger partial charge in [0, 0.05) is 11.6 Å². The monoisotopic (exact) mass is 226 g/mol. The average molecular weight is 226 g/mol. The van der Waals surface area contributed by atoms with Crippen LogP contribution in [0.15, 0.2) is 4.99 Å². The lowest BCUT2D eigenvalue weighted by Crippen LogP contribution is -2.46. The van der Waals surface area contributed by atoms with E-state index in [1.54, 1.807) is 0 Å². The fourth-order valence-electron chi connectivity index (χ4n) is 2.00. The first-order valence-corrected chi connectivity index (χ1v) is 6.17. The Kier molecular flexibility index (Phi) is 4.59. The van der Waals surface area contributed by atoms with Crippen molar-refractivity contribution < 1.29 is 0 Å². The Hall–Kier alpha value is -0.770. The van der Waals surface area contributed by atoms with Crippen LogP contribution in [0.4, 0.5) is 0 Å². The largest absolute Gasteiger partial charge is 0.370 e. The maximum atomic E-state index is 5.84. The van der Waals surface area contributed by atoms with Crippen LogP contribution in [-0.2, 0) is 0 Å². The Bertz CT molecular complexity index is 242. The average Bonchev–Trinajstić information content (AvgIpc) is 2.14. The molecule has 4 nitrogen and oxygen atoms in total. The molecule has 1 heterocycles. The summed E-state index contributed by atoms with van der Waals surface area (Å²) in [6.07, 6.45) is 3.87. The highest BCUT2D eigenvalue weighted by molar-refractivity contribution is 5.78. The summed E-state index contributed by atoms with van der Waals surface area (Å²) in [7, 11) is 2.17. The smallest absolute Gasteiger partial charge is 0.189 e. The van der Waals surface area contributed by atoms with Crippen LogP contribution in [0.25, 0.3) is 0 Å². The topological polar surface area (TPSA) is 53.6 Å². The Labute approximate surface area is 99.3 Å². The van der Waals surface area contributed by atoms with E-state index < -0.39 is 0 Å². The van der Waals surface area contributed by atoms with E-state index >= 15 is 0 Å². The van der Waals surface area contributed by atoms with Crippen LogP contribution in [-0.4, -0.2) is 42.6 Å². The number of nitrogens with one attached hydrogen (secondary N) is 1. The van der Waals surface area contributed by atoms with Crippen molar-refractivity contribution in [2.24, 2.45) is 10.7 Å². The van der Waals surface area contributed by atoms with Gasteiger partial charge in [-0.1, -0.05) is 6.42 Å². The number of likely N-dealkylation sites (tertiary alicyclic amines) is 1. The van der Waals surface area contributed by atoms with Gasteiger partial charge in [-0.2, -0.15) is 0 Å². The van der Waals surface area contributed by atoms with Crippen molar-refractivity contribution in [1.29, 1.82) is 0 Å². The lowest BCUT2D eigenvalue weighted by molar-refractivity contribution is 0.191. The minimum Gasteiger partial charge on any atom is -0.370 e. The minimum atomic E-state index is -0.00789. The highest BCUT2D eigenvalue weighted by Crippen LogP contribution is 2.14. The summed E-state index contributed by atoms with van der Waals surface area (Å²) in [4.78, 5) is 6.81. The molecule has 0 aromatic heterocycles. The fraction of sp³-hybridized carbons (Fsp3) is 0.917. The summed E-state index contributed by atoms with van der Waals surface area (Å²) >= 11 is 0. The number of aliphatic imine (C=N–C) groups is 1. The quantitative estimate of drug-likeness (QED) is 0.549. The molecule has 1 atom stereocenters. The molecule has 0 radical (unpaired) electrons. The van der Waals surface area contributed by atoms with E-state index in [0.717, 1.165) is 6.54 Å². The molecule has 4 heteroatoms. The van der Waals surface area contributed by atoms with E-state index in [2.05, 4.69) is 43.0 Å². The first kappa shape index (κ1) is 13.3. The van der Waals surface area contributed by atoms with Crippen molar-refractivity contribution in [3.63, 3.8) is 0 Å². The predicted molar refractivity (Wildman–Crippen MR) is 69.6 cm³/mol. The maximum Gasteiger partial charge on any atom is 0.189 e. The van der Waals surface area contributed by atoms with E-state index in [-0.39, 0.29) is 5.54 Å². The van der Waals surface area contributed by atoms with Gasteiger partial charge in [0.15, 0.2) is 5.96 Å². The molecule has 0 aromatic rings. The molecule has 0 saturated carbocycles. The number of rotatable bonds is 2. The van der Waals surface area contributed by atoms with Crippen LogP contribution < -0.4 is 11.1 Å². The molecule has 1 saturated heterocycles. The van der Waals surface area contributed by atoms with Crippen LogP contribution >= 0.6 is 0 Å².